The number of rotatable bonds is 7. The van der Waals surface area contributed by atoms with E-state index in [-0.39, 0.29) is 5.04 Å². The molecule has 0 unspecified atom stereocenters. The minimum Gasteiger partial charge on any atom is -0.489 e. The molecule has 0 aliphatic rings. The summed E-state index contributed by atoms with van der Waals surface area (Å²) >= 11 is 0. The zero-order chi connectivity index (χ0) is 19.4. The van der Waals surface area contributed by atoms with Crippen LogP contribution in [-0.2, 0) is 17.6 Å². The normalized spacial score (nSPS) is 12.0. The Hall–Kier alpha value is -2.11. The molecule has 0 aromatic heterocycles. The number of carbonyl (C=O) groups excluding carboxylic acids is 1. The lowest BCUT2D eigenvalue weighted by molar-refractivity contribution is 0.0997. The van der Waals surface area contributed by atoms with E-state index in [0.29, 0.717) is 24.5 Å². The fourth-order valence-electron chi connectivity index (χ4n) is 2.22. The summed E-state index contributed by atoms with van der Waals surface area (Å²) in [6.45, 7) is 11.8. The van der Waals surface area contributed by atoms with Crippen LogP contribution in [0, 0.1) is 0 Å². The van der Waals surface area contributed by atoms with Crippen LogP contribution in [0.15, 0.2) is 48.5 Å². The lowest BCUT2D eigenvalue weighted by Gasteiger charge is -2.36. The minimum absolute atomic E-state index is 0.110. The molecular weight excluding hydrogens is 342 g/mol. The average Bonchev–Trinajstić information content (AvgIpc) is 2.58. The van der Waals surface area contributed by atoms with Gasteiger partial charge < -0.3 is 14.9 Å². The maximum atomic E-state index is 11.9. The fraction of sp³-hybridized carbons (Fsp3) is 0.381. The van der Waals surface area contributed by atoms with E-state index < -0.39 is 14.2 Å². The molecule has 0 fully saturated rings. The van der Waals surface area contributed by atoms with Crippen molar-refractivity contribution in [1.82, 2.24) is 0 Å². The standard InChI is InChI=1S/C21H29NO3Si/c1-21(2,3)26(4,5)25-15-17-11-12-18(13-19(17)20(22)23)24-14-16-9-7-6-8-10-16/h6-13H,14-15H2,1-5H3,(H2,22,23). The van der Waals surface area contributed by atoms with Crippen molar-refractivity contribution in [3.63, 3.8) is 0 Å². The third-order valence-corrected chi connectivity index (χ3v) is 9.47. The van der Waals surface area contributed by atoms with Crippen LogP contribution < -0.4 is 10.5 Å². The average molecular weight is 372 g/mol. The monoisotopic (exact) mass is 371 g/mol. The molecule has 26 heavy (non-hydrogen) atoms. The molecule has 0 bridgehead atoms. The van der Waals surface area contributed by atoms with Crippen LogP contribution in [0.25, 0.3) is 0 Å². The first-order valence-corrected chi connectivity index (χ1v) is 11.7. The Morgan fingerprint density at radius 1 is 1.04 bits per heavy atom. The number of benzene rings is 2. The number of hydrogen-bond donors (Lipinski definition) is 1. The largest absolute Gasteiger partial charge is 0.489 e. The second kappa shape index (κ2) is 8.06. The van der Waals surface area contributed by atoms with Crippen LogP contribution in [-0.4, -0.2) is 14.2 Å². The Balaban J connectivity index is 2.12. The Morgan fingerprint density at radius 3 is 2.27 bits per heavy atom. The van der Waals surface area contributed by atoms with E-state index in [1.165, 1.54) is 0 Å². The SMILES string of the molecule is CC(C)(C)[Si](C)(C)OCc1ccc(OCc2ccccc2)cc1C(N)=O. The van der Waals surface area contributed by atoms with E-state index in [9.17, 15) is 4.79 Å². The fourth-order valence-corrected chi connectivity index (χ4v) is 3.17. The van der Waals surface area contributed by atoms with Gasteiger partial charge in [0.2, 0.25) is 5.91 Å². The van der Waals surface area contributed by atoms with Crippen LogP contribution in [0.5, 0.6) is 5.75 Å². The third-order valence-electron chi connectivity index (χ3n) is 4.99. The molecule has 0 heterocycles. The smallest absolute Gasteiger partial charge is 0.249 e. The molecule has 2 rings (SSSR count). The molecule has 0 spiro atoms. The lowest BCUT2D eigenvalue weighted by atomic mass is 10.1. The Bertz CT molecular complexity index is 752. The molecule has 0 saturated heterocycles. The summed E-state index contributed by atoms with van der Waals surface area (Å²) < 4.78 is 12.0. The molecule has 5 heteroatoms. The van der Waals surface area contributed by atoms with Crippen molar-refractivity contribution in [1.29, 1.82) is 0 Å². The van der Waals surface area contributed by atoms with Crippen LogP contribution >= 0.6 is 0 Å². The molecule has 2 N–H and O–H groups in total. The summed E-state index contributed by atoms with van der Waals surface area (Å²) in [5, 5.41) is 0.110. The van der Waals surface area contributed by atoms with Crippen LogP contribution in [0.2, 0.25) is 18.1 Å². The number of nitrogens with two attached hydrogens (primary N) is 1. The number of carbonyl (C=O) groups is 1. The predicted octanol–water partition coefficient (Wildman–Crippen LogP) is 4.89. The first-order chi connectivity index (χ1) is 12.1. The number of hydrogen-bond acceptors (Lipinski definition) is 3. The van der Waals surface area contributed by atoms with Gasteiger partial charge in [-0.3, -0.25) is 4.79 Å². The summed E-state index contributed by atoms with van der Waals surface area (Å²) in [4.78, 5) is 11.9. The highest BCUT2D eigenvalue weighted by Gasteiger charge is 2.37. The van der Waals surface area contributed by atoms with Gasteiger partial charge in [0.15, 0.2) is 8.32 Å². The van der Waals surface area contributed by atoms with E-state index >= 15 is 0 Å². The van der Waals surface area contributed by atoms with Gasteiger partial charge in [-0.1, -0.05) is 57.2 Å². The van der Waals surface area contributed by atoms with Gasteiger partial charge in [0.1, 0.15) is 12.4 Å². The molecule has 2 aromatic carbocycles. The van der Waals surface area contributed by atoms with Gasteiger partial charge in [-0.15, -0.1) is 0 Å². The molecule has 0 aliphatic carbocycles. The van der Waals surface area contributed by atoms with Crippen LogP contribution in [0.4, 0.5) is 0 Å². The summed E-state index contributed by atoms with van der Waals surface area (Å²) in [6.07, 6.45) is 0. The molecule has 2 aromatic rings. The Labute approximate surface area is 157 Å². The van der Waals surface area contributed by atoms with Crippen molar-refractivity contribution in [2.75, 3.05) is 0 Å². The van der Waals surface area contributed by atoms with E-state index in [1.807, 2.05) is 42.5 Å². The van der Waals surface area contributed by atoms with Gasteiger partial charge in [0.25, 0.3) is 0 Å². The van der Waals surface area contributed by atoms with E-state index in [4.69, 9.17) is 14.9 Å². The van der Waals surface area contributed by atoms with E-state index in [1.54, 1.807) is 6.07 Å². The molecule has 0 atom stereocenters. The topological polar surface area (TPSA) is 61.6 Å². The summed E-state index contributed by atoms with van der Waals surface area (Å²) in [5.41, 5.74) is 7.90. The van der Waals surface area contributed by atoms with Crippen molar-refractivity contribution in [3.8, 4) is 5.75 Å². The van der Waals surface area contributed by atoms with Crippen LogP contribution in [0.1, 0.15) is 42.3 Å². The molecule has 4 nitrogen and oxygen atoms in total. The third kappa shape index (κ3) is 5.19. The predicted molar refractivity (Wildman–Crippen MR) is 108 cm³/mol. The molecule has 0 aliphatic heterocycles. The van der Waals surface area contributed by atoms with Gasteiger partial charge in [-0.05, 0) is 41.4 Å². The molecule has 140 valence electrons. The number of primary amides is 1. The van der Waals surface area contributed by atoms with E-state index in [2.05, 4.69) is 33.9 Å². The van der Waals surface area contributed by atoms with Crippen molar-refractivity contribution < 1.29 is 14.0 Å². The second-order valence-corrected chi connectivity index (χ2v) is 12.8. The Morgan fingerprint density at radius 2 is 1.69 bits per heavy atom. The van der Waals surface area contributed by atoms with Crippen molar-refractivity contribution in [2.24, 2.45) is 5.73 Å². The quantitative estimate of drug-likeness (QED) is 0.705. The summed E-state index contributed by atoms with van der Waals surface area (Å²) in [5.74, 6) is 0.155. The van der Waals surface area contributed by atoms with Crippen molar-refractivity contribution >= 4 is 14.2 Å². The molecule has 0 saturated carbocycles. The van der Waals surface area contributed by atoms with Gasteiger partial charge in [0.05, 0.1) is 6.61 Å². The van der Waals surface area contributed by atoms with Gasteiger partial charge in [-0.2, -0.15) is 0 Å². The number of amides is 1. The first-order valence-electron chi connectivity index (χ1n) is 8.83. The highest BCUT2D eigenvalue weighted by atomic mass is 28.4. The van der Waals surface area contributed by atoms with Gasteiger partial charge in [-0.25, -0.2) is 0 Å². The van der Waals surface area contributed by atoms with E-state index in [0.717, 1.165) is 11.1 Å². The maximum Gasteiger partial charge on any atom is 0.249 e. The summed E-state index contributed by atoms with van der Waals surface area (Å²) in [7, 11) is -1.90. The van der Waals surface area contributed by atoms with Crippen molar-refractivity contribution in [2.45, 2.75) is 52.1 Å². The minimum atomic E-state index is -1.90. The first kappa shape index (κ1) is 20.2. The molecule has 0 radical (unpaired) electrons. The lowest BCUT2D eigenvalue weighted by Crippen LogP contribution is -2.40. The van der Waals surface area contributed by atoms with Crippen LogP contribution in [0.3, 0.4) is 0 Å². The highest BCUT2D eigenvalue weighted by molar-refractivity contribution is 6.74. The van der Waals surface area contributed by atoms with Crippen molar-refractivity contribution in [3.05, 3.63) is 65.2 Å². The van der Waals surface area contributed by atoms with Gasteiger partial charge >= 0.3 is 0 Å². The molecule has 1 amide bonds. The second-order valence-electron chi connectivity index (χ2n) is 8.01. The summed E-state index contributed by atoms with van der Waals surface area (Å²) in [6, 6.07) is 15.3. The zero-order valence-electron chi connectivity index (χ0n) is 16.3. The molecular formula is C21H29NO3Si. The van der Waals surface area contributed by atoms with Gasteiger partial charge in [0, 0.05) is 5.56 Å². The zero-order valence-corrected chi connectivity index (χ0v) is 17.3. The highest BCUT2D eigenvalue weighted by Crippen LogP contribution is 2.37. The Kier molecular flexibility index (Phi) is 6.26. The maximum absolute atomic E-state index is 11.9. The number of ether oxygens (including phenoxy) is 1.